The van der Waals surface area contributed by atoms with Crippen LogP contribution in [-0.2, 0) is 22.3 Å². The lowest BCUT2D eigenvalue weighted by Crippen LogP contribution is -2.31. The average molecular weight is 270 g/mol. The summed E-state index contributed by atoms with van der Waals surface area (Å²) >= 11 is 0. The van der Waals surface area contributed by atoms with Gasteiger partial charge in [-0.1, -0.05) is 31.2 Å². The second-order valence-corrected chi connectivity index (χ2v) is 6.39. The third-order valence-corrected chi connectivity index (χ3v) is 3.89. The van der Waals surface area contributed by atoms with E-state index in [0.29, 0.717) is 0 Å². The van der Waals surface area contributed by atoms with Crippen LogP contribution in [0.15, 0.2) is 24.3 Å². The van der Waals surface area contributed by atoms with Gasteiger partial charge >= 0.3 is 0 Å². The van der Waals surface area contributed by atoms with E-state index in [-0.39, 0.29) is 11.8 Å². The van der Waals surface area contributed by atoms with E-state index >= 15 is 0 Å². The molecule has 0 radical (unpaired) electrons. The van der Waals surface area contributed by atoms with Crippen LogP contribution in [-0.4, -0.2) is 21.0 Å². The van der Waals surface area contributed by atoms with Crippen LogP contribution in [0.2, 0.25) is 0 Å². The fourth-order valence-electron chi connectivity index (χ4n) is 1.72. The molecule has 0 fully saturated rings. The van der Waals surface area contributed by atoms with E-state index in [9.17, 15) is 8.42 Å². The van der Waals surface area contributed by atoms with E-state index in [0.717, 1.165) is 24.2 Å². The standard InChI is InChI=1S/C13H22N2O2S/c1-4-14-9-12-6-5-7-13(8-12)10-18(16,17)15-11(2)3/h5-8,11,14-15H,4,9-10H2,1-3H3. The summed E-state index contributed by atoms with van der Waals surface area (Å²) in [6.45, 7) is 7.35. The Morgan fingerprint density at radius 1 is 1.22 bits per heavy atom. The molecule has 1 aromatic rings. The minimum absolute atomic E-state index is 0.0329. The fourth-order valence-corrected chi connectivity index (χ4v) is 3.14. The maximum Gasteiger partial charge on any atom is 0.216 e. The van der Waals surface area contributed by atoms with Crippen molar-refractivity contribution in [3.05, 3.63) is 35.4 Å². The molecule has 0 aliphatic carbocycles. The first kappa shape index (κ1) is 15.1. The van der Waals surface area contributed by atoms with Crippen LogP contribution in [0.3, 0.4) is 0 Å². The third-order valence-electron chi connectivity index (χ3n) is 2.34. The Morgan fingerprint density at radius 2 is 1.89 bits per heavy atom. The van der Waals surface area contributed by atoms with Gasteiger partial charge in [0.15, 0.2) is 0 Å². The van der Waals surface area contributed by atoms with Gasteiger partial charge in [-0.05, 0) is 31.5 Å². The second-order valence-electron chi connectivity index (χ2n) is 4.63. The third kappa shape index (κ3) is 5.62. The normalized spacial score (nSPS) is 12.0. The minimum atomic E-state index is -3.24. The molecule has 0 unspecified atom stereocenters. The molecule has 18 heavy (non-hydrogen) atoms. The SMILES string of the molecule is CCNCc1cccc(CS(=O)(=O)NC(C)C)c1. The van der Waals surface area contributed by atoms with Gasteiger partial charge < -0.3 is 5.32 Å². The summed E-state index contributed by atoms with van der Waals surface area (Å²) in [5.41, 5.74) is 1.92. The highest BCUT2D eigenvalue weighted by atomic mass is 32.2. The average Bonchev–Trinajstić information content (AvgIpc) is 2.24. The molecule has 4 nitrogen and oxygen atoms in total. The van der Waals surface area contributed by atoms with Crippen LogP contribution in [0.5, 0.6) is 0 Å². The molecule has 0 saturated carbocycles. The van der Waals surface area contributed by atoms with Gasteiger partial charge in [-0.15, -0.1) is 0 Å². The highest BCUT2D eigenvalue weighted by Gasteiger charge is 2.12. The molecule has 0 aliphatic heterocycles. The van der Waals surface area contributed by atoms with Crippen LogP contribution in [0.4, 0.5) is 0 Å². The Bertz CT molecular complexity index is 470. The predicted molar refractivity (Wildman–Crippen MR) is 74.7 cm³/mol. The molecule has 1 aromatic carbocycles. The monoisotopic (exact) mass is 270 g/mol. The van der Waals surface area contributed by atoms with Crippen molar-refractivity contribution in [3.8, 4) is 0 Å². The number of hydrogen-bond acceptors (Lipinski definition) is 3. The van der Waals surface area contributed by atoms with Crippen molar-refractivity contribution >= 4 is 10.0 Å². The van der Waals surface area contributed by atoms with E-state index in [1.807, 2.05) is 45.0 Å². The maximum absolute atomic E-state index is 11.8. The fraction of sp³-hybridized carbons (Fsp3) is 0.538. The van der Waals surface area contributed by atoms with Crippen molar-refractivity contribution in [2.45, 2.75) is 39.1 Å². The molecule has 2 N–H and O–H groups in total. The molecule has 0 heterocycles. The minimum Gasteiger partial charge on any atom is -0.313 e. The number of rotatable bonds is 7. The zero-order valence-electron chi connectivity index (χ0n) is 11.2. The first-order chi connectivity index (χ1) is 8.43. The van der Waals surface area contributed by atoms with E-state index in [1.165, 1.54) is 0 Å². The summed E-state index contributed by atoms with van der Waals surface area (Å²) < 4.78 is 26.2. The quantitative estimate of drug-likeness (QED) is 0.791. The molecule has 0 aromatic heterocycles. The van der Waals surface area contributed by atoms with Gasteiger partial charge in [-0.3, -0.25) is 0 Å². The Morgan fingerprint density at radius 3 is 2.50 bits per heavy atom. The molecule has 0 atom stereocenters. The lowest BCUT2D eigenvalue weighted by Gasteiger charge is -2.10. The number of hydrogen-bond donors (Lipinski definition) is 2. The van der Waals surface area contributed by atoms with Crippen LogP contribution in [0.1, 0.15) is 31.9 Å². The predicted octanol–water partition coefficient (Wildman–Crippen LogP) is 1.62. The van der Waals surface area contributed by atoms with Gasteiger partial charge in [0.05, 0.1) is 5.75 Å². The van der Waals surface area contributed by atoms with Crippen LogP contribution < -0.4 is 10.0 Å². The van der Waals surface area contributed by atoms with E-state index in [4.69, 9.17) is 0 Å². The molecule has 0 aliphatic rings. The van der Waals surface area contributed by atoms with Crippen molar-refractivity contribution < 1.29 is 8.42 Å². The lowest BCUT2D eigenvalue weighted by atomic mass is 10.1. The van der Waals surface area contributed by atoms with Gasteiger partial charge in [0.25, 0.3) is 0 Å². The smallest absolute Gasteiger partial charge is 0.216 e. The van der Waals surface area contributed by atoms with Crippen molar-refractivity contribution in [3.63, 3.8) is 0 Å². The Kier molecular flexibility index (Phi) is 5.78. The molecule has 1 rings (SSSR count). The molecule has 102 valence electrons. The number of nitrogens with one attached hydrogen (secondary N) is 2. The van der Waals surface area contributed by atoms with Crippen LogP contribution in [0, 0.1) is 0 Å². The van der Waals surface area contributed by atoms with E-state index in [2.05, 4.69) is 10.0 Å². The summed E-state index contributed by atoms with van der Waals surface area (Å²) in [6.07, 6.45) is 0. The van der Waals surface area contributed by atoms with Crippen molar-refractivity contribution in [1.29, 1.82) is 0 Å². The van der Waals surface area contributed by atoms with Crippen LogP contribution in [0.25, 0.3) is 0 Å². The first-order valence-electron chi connectivity index (χ1n) is 6.21. The topological polar surface area (TPSA) is 58.2 Å². The summed E-state index contributed by atoms with van der Waals surface area (Å²) in [7, 11) is -3.24. The van der Waals surface area contributed by atoms with Gasteiger partial charge in [0.1, 0.15) is 0 Å². The summed E-state index contributed by atoms with van der Waals surface area (Å²) in [5, 5.41) is 3.22. The molecule has 0 saturated heterocycles. The number of sulfonamides is 1. The Labute approximate surface area is 110 Å². The number of benzene rings is 1. The summed E-state index contributed by atoms with van der Waals surface area (Å²) in [4.78, 5) is 0. The molecule has 5 heteroatoms. The van der Waals surface area contributed by atoms with Crippen LogP contribution >= 0.6 is 0 Å². The van der Waals surface area contributed by atoms with E-state index < -0.39 is 10.0 Å². The molecular formula is C13H22N2O2S. The molecule has 0 amide bonds. The lowest BCUT2D eigenvalue weighted by molar-refractivity contribution is 0.569. The molecule has 0 bridgehead atoms. The van der Waals surface area contributed by atoms with Crippen molar-refractivity contribution in [2.75, 3.05) is 6.54 Å². The highest BCUT2D eigenvalue weighted by molar-refractivity contribution is 7.88. The van der Waals surface area contributed by atoms with Gasteiger partial charge in [0, 0.05) is 12.6 Å². The highest BCUT2D eigenvalue weighted by Crippen LogP contribution is 2.09. The van der Waals surface area contributed by atoms with Gasteiger partial charge in [0.2, 0.25) is 10.0 Å². The van der Waals surface area contributed by atoms with Crippen molar-refractivity contribution in [1.82, 2.24) is 10.0 Å². The summed E-state index contributed by atoms with van der Waals surface area (Å²) in [5.74, 6) is 0.0329. The Hall–Kier alpha value is -0.910. The largest absolute Gasteiger partial charge is 0.313 e. The van der Waals surface area contributed by atoms with Gasteiger partial charge in [-0.2, -0.15) is 0 Å². The Balaban J connectivity index is 2.72. The zero-order valence-corrected chi connectivity index (χ0v) is 12.0. The van der Waals surface area contributed by atoms with Gasteiger partial charge in [-0.25, -0.2) is 13.1 Å². The summed E-state index contributed by atoms with van der Waals surface area (Å²) in [6, 6.07) is 7.60. The molecule has 0 spiro atoms. The van der Waals surface area contributed by atoms with E-state index in [1.54, 1.807) is 0 Å². The maximum atomic E-state index is 11.8. The second kappa shape index (κ2) is 6.87. The van der Waals surface area contributed by atoms with Crippen molar-refractivity contribution in [2.24, 2.45) is 0 Å². The zero-order chi connectivity index (χ0) is 13.6. The first-order valence-corrected chi connectivity index (χ1v) is 7.86. The molecular weight excluding hydrogens is 248 g/mol.